The maximum atomic E-state index is 13.3. The molecule has 0 spiro atoms. The number of unbranched alkanes of at least 4 members (excludes halogenated alkanes) is 26. The van der Waals surface area contributed by atoms with Crippen LogP contribution in [0.3, 0.4) is 0 Å². The number of amides is 1. The standard InChI is InChI=1S/C57H107NO18/c1-3-5-7-9-11-13-15-16-17-18-19-20-21-22-23-24-25-27-29-31-33-35-45(63)58-40(41(62)34-32-30-28-26-14-12-10-8-6-4-2)39-71-55-51(69)48(66)53(43(37-60)73-55)76-57-52(70)49(67)54(44(38-61)74-57)75-56-50(68)47(65)46(64)42(36-59)72-56/h18-19,40-44,46-57,59-62,64-70H,3-17,20-39H2,1-2H3,(H,58,63)/b19-18-. The van der Waals surface area contributed by atoms with Crippen molar-refractivity contribution in [1.29, 1.82) is 0 Å². The van der Waals surface area contributed by atoms with Crippen LogP contribution in [-0.4, -0.2) is 193 Å². The highest BCUT2D eigenvalue weighted by Gasteiger charge is 2.53. The van der Waals surface area contributed by atoms with E-state index in [1.807, 2.05) is 0 Å². The van der Waals surface area contributed by atoms with E-state index in [0.717, 1.165) is 51.4 Å². The second-order valence-corrected chi connectivity index (χ2v) is 21.8. The van der Waals surface area contributed by atoms with Gasteiger partial charge >= 0.3 is 0 Å². The molecule has 0 aromatic rings. The summed E-state index contributed by atoms with van der Waals surface area (Å²) >= 11 is 0. The maximum absolute atomic E-state index is 13.3. The van der Waals surface area contributed by atoms with Gasteiger partial charge in [-0.1, -0.05) is 180 Å². The first kappa shape index (κ1) is 68.8. The van der Waals surface area contributed by atoms with Crippen molar-refractivity contribution in [2.45, 2.75) is 317 Å². The van der Waals surface area contributed by atoms with E-state index in [0.29, 0.717) is 12.8 Å². The number of carbonyl (C=O) groups excluding carboxylic acids is 1. The number of ether oxygens (including phenoxy) is 6. The second kappa shape index (κ2) is 41.5. The van der Waals surface area contributed by atoms with Crippen molar-refractivity contribution in [1.82, 2.24) is 5.32 Å². The van der Waals surface area contributed by atoms with E-state index in [9.17, 15) is 61.0 Å². The summed E-state index contributed by atoms with van der Waals surface area (Å²) < 4.78 is 34.2. The minimum absolute atomic E-state index is 0.246. The molecule has 76 heavy (non-hydrogen) atoms. The van der Waals surface area contributed by atoms with Crippen LogP contribution in [0.15, 0.2) is 12.2 Å². The van der Waals surface area contributed by atoms with Gasteiger partial charge in [0.25, 0.3) is 0 Å². The quantitative estimate of drug-likeness (QED) is 0.0283. The lowest BCUT2D eigenvalue weighted by molar-refractivity contribution is -0.379. The Balaban J connectivity index is 1.46. The topological polar surface area (TPSA) is 307 Å². The van der Waals surface area contributed by atoms with E-state index < -0.39 is 124 Å². The smallest absolute Gasteiger partial charge is 0.220 e. The maximum Gasteiger partial charge on any atom is 0.220 e. The predicted octanol–water partition coefficient (Wildman–Crippen LogP) is 4.99. The van der Waals surface area contributed by atoms with E-state index in [1.54, 1.807) is 0 Å². The zero-order valence-electron chi connectivity index (χ0n) is 46.5. The third-order valence-corrected chi connectivity index (χ3v) is 15.3. The van der Waals surface area contributed by atoms with Crippen LogP contribution in [0.5, 0.6) is 0 Å². The van der Waals surface area contributed by atoms with Gasteiger partial charge in [-0.25, -0.2) is 0 Å². The summed E-state index contributed by atoms with van der Waals surface area (Å²) in [7, 11) is 0. The number of allylic oxidation sites excluding steroid dienone is 2. The zero-order valence-corrected chi connectivity index (χ0v) is 46.5. The van der Waals surface area contributed by atoms with E-state index in [2.05, 4.69) is 31.3 Å². The first-order chi connectivity index (χ1) is 36.8. The monoisotopic (exact) mass is 1090 g/mol. The molecule has 1 amide bonds. The lowest BCUT2D eigenvalue weighted by atomic mass is 9.96. The molecule has 0 bridgehead atoms. The number of nitrogens with one attached hydrogen (secondary N) is 1. The minimum Gasteiger partial charge on any atom is -0.394 e. The molecule has 0 aromatic heterocycles. The highest BCUT2D eigenvalue weighted by Crippen LogP contribution is 2.33. The van der Waals surface area contributed by atoms with E-state index >= 15 is 0 Å². The van der Waals surface area contributed by atoms with Gasteiger partial charge in [-0.05, 0) is 38.5 Å². The molecule has 0 saturated carbocycles. The summed E-state index contributed by atoms with van der Waals surface area (Å²) in [6.07, 6.45) is 13.1. The molecule has 3 aliphatic rings. The molecular weight excluding hydrogens is 987 g/mol. The van der Waals surface area contributed by atoms with Gasteiger partial charge in [0, 0.05) is 6.42 Å². The largest absolute Gasteiger partial charge is 0.394 e. The Labute approximate surface area is 455 Å². The number of carbonyl (C=O) groups is 1. The van der Waals surface area contributed by atoms with E-state index in [4.69, 9.17) is 28.4 Å². The molecule has 3 aliphatic heterocycles. The van der Waals surface area contributed by atoms with E-state index in [-0.39, 0.29) is 18.9 Å². The average molecular weight is 1090 g/mol. The SMILES string of the molecule is CCCCCCCCCC/C=C\CCCCCCCCCCCC(=O)NC(COC1OC(CO)C(OC2OC(CO)C(OC3OC(CO)C(O)C(O)C3O)C(O)C2O)C(O)C1O)C(O)CCCCCCCCCCCC. The predicted molar refractivity (Wildman–Crippen MR) is 287 cm³/mol. The van der Waals surface area contributed by atoms with Gasteiger partial charge in [0.1, 0.15) is 73.2 Å². The lowest BCUT2D eigenvalue weighted by Crippen LogP contribution is -2.66. The molecule has 12 N–H and O–H groups in total. The molecule has 0 aliphatic carbocycles. The van der Waals surface area contributed by atoms with Gasteiger partial charge in [0.2, 0.25) is 5.91 Å². The Kier molecular flexibility index (Phi) is 37.6. The van der Waals surface area contributed by atoms with Crippen molar-refractivity contribution in [3.63, 3.8) is 0 Å². The molecule has 3 heterocycles. The van der Waals surface area contributed by atoms with Crippen LogP contribution < -0.4 is 5.32 Å². The van der Waals surface area contributed by atoms with Crippen LogP contribution in [0.1, 0.15) is 213 Å². The summed E-state index contributed by atoms with van der Waals surface area (Å²) in [6, 6.07) is -0.883. The molecule has 448 valence electrons. The van der Waals surface area contributed by atoms with Crippen molar-refractivity contribution in [3.8, 4) is 0 Å². The van der Waals surface area contributed by atoms with Crippen LogP contribution in [0.4, 0.5) is 0 Å². The third-order valence-electron chi connectivity index (χ3n) is 15.3. The Morgan fingerprint density at radius 1 is 0.461 bits per heavy atom. The van der Waals surface area contributed by atoms with E-state index in [1.165, 1.54) is 128 Å². The highest BCUT2D eigenvalue weighted by molar-refractivity contribution is 5.76. The minimum atomic E-state index is -1.97. The molecule has 3 saturated heterocycles. The van der Waals surface area contributed by atoms with Gasteiger partial charge in [-0.3, -0.25) is 4.79 Å². The number of hydrogen-bond acceptors (Lipinski definition) is 18. The molecule has 0 radical (unpaired) electrons. The summed E-state index contributed by atoms with van der Waals surface area (Å²) in [5.41, 5.74) is 0. The molecule has 19 nitrogen and oxygen atoms in total. The molecular formula is C57H107NO18. The summed E-state index contributed by atoms with van der Waals surface area (Å²) in [5, 5.41) is 120. The fraction of sp³-hybridized carbons (Fsp3) is 0.947. The number of rotatable bonds is 44. The molecule has 17 atom stereocenters. The molecule has 17 unspecified atom stereocenters. The Bertz CT molecular complexity index is 1450. The van der Waals surface area contributed by atoms with Crippen LogP contribution >= 0.6 is 0 Å². The summed E-state index contributed by atoms with van der Waals surface area (Å²) in [6.45, 7) is 1.76. The fourth-order valence-electron chi connectivity index (χ4n) is 10.4. The van der Waals surface area contributed by atoms with Gasteiger partial charge in [-0.15, -0.1) is 0 Å². The summed E-state index contributed by atoms with van der Waals surface area (Å²) in [5.74, 6) is -0.246. The second-order valence-electron chi connectivity index (χ2n) is 21.8. The Morgan fingerprint density at radius 3 is 1.28 bits per heavy atom. The van der Waals surface area contributed by atoms with Crippen molar-refractivity contribution in [3.05, 3.63) is 12.2 Å². The molecule has 3 rings (SSSR count). The van der Waals surface area contributed by atoms with Crippen LogP contribution in [0, 0.1) is 0 Å². The molecule has 3 fully saturated rings. The summed E-state index contributed by atoms with van der Waals surface area (Å²) in [4.78, 5) is 13.3. The van der Waals surface area contributed by atoms with Crippen molar-refractivity contribution >= 4 is 5.91 Å². The van der Waals surface area contributed by atoms with Gasteiger partial charge < -0.3 is 89.9 Å². The zero-order chi connectivity index (χ0) is 55.5. The van der Waals surface area contributed by atoms with Gasteiger partial charge in [0.15, 0.2) is 18.9 Å². The van der Waals surface area contributed by atoms with Crippen molar-refractivity contribution in [2.75, 3.05) is 26.4 Å². The highest BCUT2D eigenvalue weighted by atomic mass is 16.8. The van der Waals surface area contributed by atoms with Gasteiger partial charge in [-0.2, -0.15) is 0 Å². The lowest BCUT2D eigenvalue weighted by Gasteiger charge is -2.48. The number of hydrogen-bond donors (Lipinski definition) is 12. The Hall–Kier alpha value is -1.47. The van der Waals surface area contributed by atoms with Crippen molar-refractivity contribution in [2.24, 2.45) is 0 Å². The van der Waals surface area contributed by atoms with Crippen molar-refractivity contribution < 1.29 is 89.4 Å². The Morgan fingerprint density at radius 2 is 0.829 bits per heavy atom. The van der Waals surface area contributed by atoms with Crippen LogP contribution in [0.25, 0.3) is 0 Å². The van der Waals surface area contributed by atoms with Gasteiger partial charge in [0.05, 0.1) is 38.6 Å². The van der Waals surface area contributed by atoms with Crippen LogP contribution in [0.2, 0.25) is 0 Å². The first-order valence-corrected chi connectivity index (χ1v) is 29.9. The fourth-order valence-corrected chi connectivity index (χ4v) is 10.4. The first-order valence-electron chi connectivity index (χ1n) is 29.9. The average Bonchev–Trinajstić information content (AvgIpc) is 3.42. The van der Waals surface area contributed by atoms with Crippen LogP contribution in [-0.2, 0) is 33.2 Å². The third kappa shape index (κ3) is 25.5. The normalized spacial score (nSPS) is 31.0. The molecule has 19 heteroatoms. The number of aliphatic hydroxyl groups is 11. The molecule has 0 aromatic carbocycles. The number of aliphatic hydroxyl groups excluding tert-OH is 11.